The van der Waals surface area contributed by atoms with Crippen molar-refractivity contribution < 1.29 is 13.7 Å². The van der Waals surface area contributed by atoms with Gasteiger partial charge in [0, 0.05) is 46.3 Å². The van der Waals surface area contributed by atoms with Gasteiger partial charge in [-0.05, 0) is 53.8 Å². The molecule has 3 aromatic carbocycles. The molecule has 154 valence electrons. The van der Waals surface area contributed by atoms with Gasteiger partial charge in [-0.25, -0.2) is 0 Å². The van der Waals surface area contributed by atoms with Crippen LogP contribution in [0.1, 0.15) is 28.8 Å². The molecule has 0 bridgehead atoms. The minimum Gasteiger partial charge on any atom is -0.381 e. The summed E-state index contributed by atoms with van der Waals surface area (Å²) >= 11 is 0. The van der Waals surface area contributed by atoms with Crippen molar-refractivity contribution >= 4 is 22.4 Å². The second kappa shape index (κ2) is 9.83. The Hall–Kier alpha value is -2.76. The molecule has 1 aliphatic heterocycles. The molecule has 1 saturated heterocycles. The molecular weight excluding hydrogens is 394 g/mol. The van der Waals surface area contributed by atoms with Gasteiger partial charge >= 0.3 is 0 Å². The molecule has 1 heterocycles. The Morgan fingerprint density at radius 2 is 1.60 bits per heavy atom. The van der Waals surface area contributed by atoms with Crippen LogP contribution in [0, 0.1) is 0 Å². The van der Waals surface area contributed by atoms with Gasteiger partial charge in [-0.1, -0.05) is 54.6 Å². The van der Waals surface area contributed by atoms with Gasteiger partial charge in [-0.2, -0.15) is 0 Å². The fourth-order valence-electron chi connectivity index (χ4n) is 3.61. The molecule has 1 unspecified atom stereocenters. The van der Waals surface area contributed by atoms with E-state index in [2.05, 4.69) is 5.32 Å². The molecule has 3 aromatic rings. The lowest BCUT2D eigenvalue weighted by molar-refractivity contribution is 0.0991. The van der Waals surface area contributed by atoms with Gasteiger partial charge in [0.15, 0.2) is 0 Å². The van der Waals surface area contributed by atoms with E-state index >= 15 is 0 Å². The van der Waals surface area contributed by atoms with Gasteiger partial charge in [-0.3, -0.25) is 9.00 Å². The Morgan fingerprint density at radius 3 is 2.33 bits per heavy atom. The second-order valence-electron chi connectivity index (χ2n) is 7.43. The number of ether oxygens (including phenoxy) is 1. The van der Waals surface area contributed by atoms with Crippen molar-refractivity contribution in [1.82, 2.24) is 0 Å². The molecule has 0 aromatic heterocycles. The number of hydrogen-bond acceptors (Lipinski definition) is 3. The fraction of sp³-hybridized carbons (Fsp3) is 0.240. The zero-order chi connectivity index (χ0) is 20.8. The molecule has 1 fully saturated rings. The summed E-state index contributed by atoms with van der Waals surface area (Å²) in [5, 5.41) is 3.15. The van der Waals surface area contributed by atoms with Crippen LogP contribution in [0.25, 0.3) is 11.1 Å². The molecule has 5 heteroatoms. The van der Waals surface area contributed by atoms with Crippen LogP contribution in [-0.4, -0.2) is 28.6 Å². The lowest BCUT2D eigenvalue weighted by Crippen LogP contribution is -2.25. The molecule has 0 aliphatic carbocycles. The van der Waals surface area contributed by atoms with Crippen LogP contribution < -0.4 is 5.32 Å². The van der Waals surface area contributed by atoms with E-state index in [1.54, 1.807) is 0 Å². The first kappa shape index (κ1) is 20.5. The highest BCUT2D eigenvalue weighted by atomic mass is 32.2. The normalized spacial score (nSPS) is 15.5. The molecule has 4 nitrogen and oxygen atoms in total. The first-order valence-electron chi connectivity index (χ1n) is 10.2. The average molecular weight is 420 g/mol. The third-order valence-corrected chi connectivity index (χ3v) is 7.12. The van der Waals surface area contributed by atoms with E-state index in [0.29, 0.717) is 30.2 Å². The highest BCUT2D eigenvalue weighted by Crippen LogP contribution is 2.21. The summed E-state index contributed by atoms with van der Waals surface area (Å²) in [5.41, 5.74) is 4.48. The van der Waals surface area contributed by atoms with Crippen LogP contribution >= 0.6 is 0 Å². The van der Waals surface area contributed by atoms with E-state index in [1.165, 1.54) is 0 Å². The van der Waals surface area contributed by atoms with Crippen LogP contribution in [0.3, 0.4) is 0 Å². The van der Waals surface area contributed by atoms with Crippen LogP contribution in [0.2, 0.25) is 0 Å². The Kier molecular flexibility index (Phi) is 6.72. The standard InChI is InChI=1S/C25H25NO3S/c27-25(22-11-9-21(10-12-22)20-6-2-1-3-7-20)26-23-8-4-5-19(17-23)18-30(28)24-13-15-29-16-14-24/h1-12,17,24H,13-16,18H2,(H,26,27). The summed E-state index contributed by atoms with van der Waals surface area (Å²) in [4.78, 5) is 12.7. The number of benzene rings is 3. The highest BCUT2D eigenvalue weighted by Gasteiger charge is 2.20. The van der Waals surface area contributed by atoms with Crippen LogP contribution in [-0.2, 0) is 21.3 Å². The fourth-order valence-corrected chi connectivity index (χ4v) is 5.07. The van der Waals surface area contributed by atoms with Crippen molar-refractivity contribution in [3.05, 3.63) is 90.0 Å². The summed E-state index contributed by atoms with van der Waals surface area (Å²) in [5.74, 6) is 0.345. The second-order valence-corrected chi connectivity index (χ2v) is 9.15. The minimum atomic E-state index is -0.928. The first-order chi connectivity index (χ1) is 14.7. The zero-order valence-corrected chi connectivity index (χ0v) is 17.6. The van der Waals surface area contributed by atoms with E-state index in [4.69, 9.17) is 4.74 Å². The Balaban J connectivity index is 1.39. The molecule has 1 N–H and O–H groups in total. The molecule has 4 rings (SSSR count). The number of hydrogen-bond donors (Lipinski definition) is 1. The smallest absolute Gasteiger partial charge is 0.255 e. The van der Waals surface area contributed by atoms with Crippen molar-refractivity contribution in [3.8, 4) is 11.1 Å². The first-order valence-corrected chi connectivity index (χ1v) is 11.6. The van der Waals surface area contributed by atoms with E-state index < -0.39 is 10.8 Å². The van der Waals surface area contributed by atoms with E-state index in [0.717, 1.165) is 29.5 Å². The van der Waals surface area contributed by atoms with Gasteiger partial charge in [0.1, 0.15) is 0 Å². The monoisotopic (exact) mass is 419 g/mol. The SMILES string of the molecule is O=C(Nc1cccc(CS(=O)C2CCOCC2)c1)c1ccc(-c2ccccc2)cc1. The molecule has 0 spiro atoms. The minimum absolute atomic E-state index is 0.155. The van der Waals surface area contributed by atoms with E-state index in [9.17, 15) is 9.00 Å². The third kappa shape index (κ3) is 5.23. The Labute approximate surface area is 179 Å². The summed E-state index contributed by atoms with van der Waals surface area (Å²) < 4.78 is 18.0. The largest absolute Gasteiger partial charge is 0.381 e. The summed E-state index contributed by atoms with van der Waals surface area (Å²) in [7, 11) is -0.928. The number of carbonyl (C=O) groups is 1. The highest BCUT2D eigenvalue weighted by molar-refractivity contribution is 7.84. The molecule has 1 atom stereocenters. The van der Waals surface area contributed by atoms with Gasteiger partial charge < -0.3 is 10.1 Å². The predicted molar refractivity (Wildman–Crippen MR) is 122 cm³/mol. The number of amides is 1. The lowest BCUT2D eigenvalue weighted by atomic mass is 10.0. The topological polar surface area (TPSA) is 55.4 Å². The maximum Gasteiger partial charge on any atom is 0.255 e. The maximum atomic E-state index is 12.7. The Morgan fingerprint density at radius 1 is 0.900 bits per heavy atom. The van der Waals surface area contributed by atoms with Crippen LogP contribution in [0.5, 0.6) is 0 Å². The molecule has 1 amide bonds. The van der Waals surface area contributed by atoms with Crippen molar-refractivity contribution in [2.45, 2.75) is 23.8 Å². The average Bonchev–Trinajstić information content (AvgIpc) is 2.80. The third-order valence-electron chi connectivity index (χ3n) is 5.29. The van der Waals surface area contributed by atoms with E-state index in [-0.39, 0.29) is 11.2 Å². The molecular formula is C25H25NO3S. The summed E-state index contributed by atoms with van der Waals surface area (Å²) in [6.07, 6.45) is 1.70. The van der Waals surface area contributed by atoms with Crippen molar-refractivity contribution in [3.63, 3.8) is 0 Å². The van der Waals surface area contributed by atoms with Crippen LogP contribution in [0.15, 0.2) is 78.9 Å². The van der Waals surface area contributed by atoms with Gasteiger partial charge in [0.05, 0.1) is 0 Å². The maximum absolute atomic E-state index is 12.7. The lowest BCUT2D eigenvalue weighted by Gasteiger charge is -2.21. The predicted octanol–water partition coefficient (Wildman–Crippen LogP) is 5.03. The molecule has 0 radical (unpaired) electrons. The zero-order valence-electron chi connectivity index (χ0n) is 16.8. The van der Waals surface area contributed by atoms with Gasteiger partial charge in [0.2, 0.25) is 0 Å². The van der Waals surface area contributed by atoms with E-state index in [1.807, 2.05) is 78.9 Å². The van der Waals surface area contributed by atoms with Gasteiger partial charge in [-0.15, -0.1) is 0 Å². The quantitative estimate of drug-likeness (QED) is 0.609. The molecule has 30 heavy (non-hydrogen) atoms. The summed E-state index contributed by atoms with van der Waals surface area (Å²) in [6.45, 7) is 1.38. The number of nitrogens with one attached hydrogen (secondary N) is 1. The number of rotatable bonds is 6. The van der Waals surface area contributed by atoms with Gasteiger partial charge in [0.25, 0.3) is 5.91 Å². The van der Waals surface area contributed by atoms with Crippen molar-refractivity contribution in [2.75, 3.05) is 18.5 Å². The molecule has 0 saturated carbocycles. The summed E-state index contributed by atoms with van der Waals surface area (Å²) in [6, 6.07) is 25.3. The molecule has 1 aliphatic rings. The Bertz CT molecular complexity index is 1010. The van der Waals surface area contributed by atoms with Crippen molar-refractivity contribution in [1.29, 1.82) is 0 Å². The number of anilines is 1. The van der Waals surface area contributed by atoms with Crippen molar-refractivity contribution in [2.24, 2.45) is 0 Å². The number of carbonyl (C=O) groups excluding carboxylic acids is 1. The van der Waals surface area contributed by atoms with Crippen LogP contribution in [0.4, 0.5) is 5.69 Å².